The number of aromatic nitrogens is 2. The predicted octanol–water partition coefficient (Wildman–Crippen LogP) is 3.30. The third-order valence-corrected chi connectivity index (χ3v) is 6.05. The second kappa shape index (κ2) is 8.19. The van der Waals surface area contributed by atoms with Crippen LogP contribution in [0.1, 0.15) is 39.6 Å². The van der Waals surface area contributed by atoms with Gasteiger partial charge in [0, 0.05) is 17.4 Å². The summed E-state index contributed by atoms with van der Waals surface area (Å²) < 4.78 is 13.0. The van der Waals surface area contributed by atoms with Crippen molar-refractivity contribution in [2.75, 3.05) is 10.2 Å². The van der Waals surface area contributed by atoms with E-state index < -0.39 is 5.91 Å². The van der Waals surface area contributed by atoms with E-state index in [1.54, 1.807) is 0 Å². The summed E-state index contributed by atoms with van der Waals surface area (Å²) in [4.78, 5) is 26.5. The Kier molecular flexibility index (Phi) is 5.45. The maximum Gasteiger partial charge on any atom is 0.286 e. The lowest BCUT2D eigenvalue weighted by atomic mass is 9.85. The van der Waals surface area contributed by atoms with Gasteiger partial charge in [-0.3, -0.25) is 9.59 Å². The lowest BCUT2D eigenvalue weighted by molar-refractivity contribution is -0.119. The van der Waals surface area contributed by atoms with Crippen molar-refractivity contribution >= 4 is 34.5 Å². The van der Waals surface area contributed by atoms with Crippen molar-refractivity contribution in [3.05, 3.63) is 69.9 Å². The molecule has 0 saturated heterocycles. The predicted molar refractivity (Wildman–Crippen MR) is 113 cm³/mol. The maximum atomic E-state index is 13.0. The molecule has 2 atom stereocenters. The Labute approximate surface area is 176 Å². The number of hydrogen-bond donors (Lipinski definition) is 2. The number of hydrogen-bond acceptors (Lipinski definition) is 6. The summed E-state index contributed by atoms with van der Waals surface area (Å²) in [6.07, 6.45) is 0.614. The number of carbonyl (C=O) groups is 2. The van der Waals surface area contributed by atoms with Crippen LogP contribution in [0.2, 0.25) is 0 Å². The van der Waals surface area contributed by atoms with Gasteiger partial charge in [-0.05, 0) is 49.2 Å². The number of nitrogens with one attached hydrogen (secondary N) is 1. The normalized spacial score (nSPS) is 18.0. The average Bonchev–Trinajstić information content (AvgIpc) is 3.20. The van der Waals surface area contributed by atoms with Gasteiger partial charge >= 0.3 is 0 Å². The van der Waals surface area contributed by atoms with Crippen LogP contribution in [0.4, 0.5) is 15.8 Å². The lowest BCUT2D eigenvalue weighted by Crippen LogP contribution is -2.41. The van der Waals surface area contributed by atoms with Crippen molar-refractivity contribution in [3.63, 3.8) is 0 Å². The van der Waals surface area contributed by atoms with Crippen molar-refractivity contribution in [3.8, 4) is 0 Å². The average molecular weight is 425 g/mol. The molecule has 0 spiro atoms. The molecule has 0 bridgehead atoms. The highest BCUT2D eigenvalue weighted by atomic mass is 32.1. The first kappa shape index (κ1) is 20.0. The molecule has 3 N–H and O–H groups in total. The number of anilines is 2. The van der Waals surface area contributed by atoms with E-state index in [1.807, 2.05) is 31.2 Å². The number of fused-ring (bicyclic) bond motifs is 1. The van der Waals surface area contributed by atoms with Crippen LogP contribution >= 0.6 is 11.3 Å². The Hall–Kier alpha value is -3.33. The minimum Gasteiger partial charge on any atom is -0.369 e. The van der Waals surface area contributed by atoms with Crippen LogP contribution in [0.5, 0.6) is 0 Å². The van der Waals surface area contributed by atoms with Crippen LogP contribution in [0.25, 0.3) is 0 Å². The van der Waals surface area contributed by atoms with E-state index in [0.717, 1.165) is 11.3 Å². The minimum absolute atomic E-state index is 0.0674. The Morgan fingerprint density at radius 3 is 2.67 bits per heavy atom. The van der Waals surface area contributed by atoms with E-state index in [1.165, 1.54) is 35.6 Å². The van der Waals surface area contributed by atoms with Gasteiger partial charge in [0.25, 0.3) is 5.91 Å². The summed E-state index contributed by atoms with van der Waals surface area (Å²) in [7, 11) is 0. The molecule has 1 aliphatic rings. The number of nitrogens with two attached hydrogens (primary N) is 1. The van der Waals surface area contributed by atoms with Gasteiger partial charge in [0.05, 0.1) is 12.5 Å². The molecular weight excluding hydrogens is 405 g/mol. The van der Waals surface area contributed by atoms with Crippen LogP contribution in [0.3, 0.4) is 0 Å². The number of benzene rings is 2. The quantitative estimate of drug-likeness (QED) is 0.653. The summed E-state index contributed by atoms with van der Waals surface area (Å²) in [5.41, 5.74) is 7.93. The second-order valence-corrected chi connectivity index (χ2v) is 8.25. The Morgan fingerprint density at radius 2 is 1.93 bits per heavy atom. The SMILES string of the molecule is CC1CC(C(N)=O)c2ccccc2N1Cc1nnc(C(=O)Nc2ccc(F)cc2)s1. The third-order valence-electron chi connectivity index (χ3n) is 5.14. The molecule has 30 heavy (non-hydrogen) atoms. The molecule has 0 fully saturated rings. The van der Waals surface area contributed by atoms with Crippen molar-refractivity contribution in [1.82, 2.24) is 10.2 Å². The number of amides is 2. The van der Waals surface area contributed by atoms with Crippen molar-refractivity contribution in [2.24, 2.45) is 5.73 Å². The summed E-state index contributed by atoms with van der Waals surface area (Å²) >= 11 is 1.20. The third kappa shape index (κ3) is 4.02. The summed E-state index contributed by atoms with van der Waals surface area (Å²) in [6.45, 7) is 2.50. The highest BCUT2D eigenvalue weighted by molar-refractivity contribution is 7.13. The topological polar surface area (TPSA) is 101 Å². The lowest BCUT2D eigenvalue weighted by Gasteiger charge is -2.39. The number of carbonyl (C=O) groups excluding carboxylic acids is 2. The molecule has 1 aromatic heterocycles. The van der Waals surface area contributed by atoms with Gasteiger partial charge in [0.1, 0.15) is 10.8 Å². The Bertz CT molecular complexity index is 1090. The standard InChI is InChI=1S/C21H20FN5O2S/c1-12-10-16(19(23)28)15-4-2-3-5-17(15)27(12)11-18-25-26-21(30-18)20(29)24-14-8-6-13(22)7-9-14/h2-9,12,16H,10-11H2,1H3,(H2,23,28)(H,24,29). The molecule has 4 rings (SSSR count). The first-order chi connectivity index (χ1) is 14.4. The van der Waals surface area contributed by atoms with Crippen molar-refractivity contribution in [1.29, 1.82) is 0 Å². The fourth-order valence-electron chi connectivity index (χ4n) is 3.66. The Morgan fingerprint density at radius 1 is 1.20 bits per heavy atom. The smallest absolute Gasteiger partial charge is 0.286 e. The number of halogens is 1. The zero-order valence-corrected chi connectivity index (χ0v) is 17.0. The molecule has 0 radical (unpaired) electrons. The van der Waals surface area contributed by atoms with E-state index in [2.05, 4.69) is 20.4 Å². The highest BCUT2D eigenvalue weighted by Gasteiger charge is 2.33. The zero-order valence-electron chi connectivity index (χ0n) is 16.2. The monoisotopic (exact) mass is 425 g/mol. The summed E-state index contributed by atoms with van der Waals surface area (Å²) in [5.74, 6) is -1.42. The van der Waals surface area contributed by atoms with Crippen LogP contribution in [-0.4, -0.2) is 28.1 Å². The highest BCUT2D eigenvalue weighted by Crippen LogP contribution is 2.39. The molecular formula is C21H20FN5O2S. The van der Waals surface area contributed by atoms with Crippen LogP contribution in [0.15, 0.2) is 48.5 Å². The summed E-state index contributed by atoms with van der Waals surface area (Å²) in [5, 5.41) is 11.7. The maximum absolute atomic E-state index is 13.0. The molecule has 154 valence electrons. The van der Waals surface area contributed by atoms with E-state index >= 15 is 0 Å². The van der Waals surface area contributed by atoms with E-state index in [9.17, 15) is 14.0 Å². The molecule has 2 unspecified atom stereocenters. The molecule has 2 aromatic carbocycles. The van der Waals surface area contributed by atoms with Crippen LogP contribution < -0.4 is 16.0 Å². The van der Waals surface area contributed by atoms with Gasteiger partial charge in [-0.25, -0.2) is 4.39 Å². The molecule has 9 heteroatoms. The van der Waals surface area contributed by atoms with E-state index in [0.29, 0.717) is 23.7 Å². The number of primary amides is 1. The fraction of sp³-hybridized carbons (Fsp3) is 0.238. The van der Waals surface area contributed by atoms with Gasteiger partial charge in [-0.1, -0.05) is 29.5 Å². The van der Waals surface area contributed by atoms with Gasteiger partial charge in [-0.2, -0.15) is 0 Å². The Balaban J connectivity index is 1.51. The van der Waals surface area contributed by atoms with Gasteiger partial charge < -0.3 is 16.0 Å². The molecule has 2 amide bonds. The van der Waals surface area contributed by atoms with Crippen LogP contribution in [0, 0.1) is 5.82 Å². The molecule has 0 aliphatic carbocycles. The van der Waals surface area contributed by atoms with Gasteiger partial charge in [0.2, 0.25) is 10.9 Å². The number of nitrogens with zero attached hydrogens (tertiary/aromatic N) is 3. The number of para-hydroxylation sites is 1. The molecule has 0 saturated carbocycles. The van der Waals surface area contributed by atoms with Crippen LogP contribution in [-0.2, 0) is 11.3 Å². The molecule has 1 aliphatic heterocycles. The van der Waals surface area contributed by atoms with Gasteiger partial charge in [0.15, 0.2) is 0 Å². The second-order valence-electron chi connectivity index (χ2n) is 7.19. The van der Waals surface area contributed by atoms with Gasteiger partial charge in [-0.15, -0.1) is 10.2 Å². The van der Waals surface area contributed by atoms with Crippen molar-refractivity contribution < 1.29 is 14.0 Å². The molecule has 2 heterocycles. The first-order valence-electron chi connectivity index (χ1n) is 9.46. The summed E-state index contributed by atoms with van der Waals surface area (Å²) in [6, 6.07) is 13.3. The molecule has 7 nitrogen and oxygen atoms in total. The van der Waals surface area contributed by atoms with Crippen molar-refractivity contribution in [2.45, 2.75) is 31.8 Å². The first-order valence-corrected chi connectivity index (χ1v) is 10.3. The largest absolute Gasteiger partial charge is 0.369 e. The minimum atomic E-state index is -0.397. The van der Waals surface area contributed by atoms with E-state index in [4.69, 9.17) is 5.73 Å². The fourth-order valence-corrected chi connectivity index (χ4v) is 4.39. The number of rotatable bonds is 5. The zero-order chi connectivity index (χ0) is 21.3. The van der Waals surface area contributed by atoms with E-state index in [-0.39, 0.29) is 28.7 Å². The molecule has 3 aromatic rings.